The highest BCUT2D eigenvalue weighted by Gasteiger charge is 2.26. The maximum absolute atomic E-state index is 12.9. The van der Waals surface area contributed by atoms with Crippen molar-refractivity contribution < 1.29 is 32.3 Å². The average molecular weight is 427 g/mol. The summed E-state index contributed by atoms with van der Waals surface area (Å²) in [6.07, 6.45) is 1.57. The number of halogens is 2. The molecule has 1 aromatic carbocycles. The lowest BCUT2D eigenvalue weighted by atomic mass is 10.2. The first kappa shape index (κ1) is 20.9. The van der Waals surface area contributed by atoms with Gasteiger partial charge in [0.15, 0.2) is 17.3 Å². The van der Waals surface area contributed by atoms with Gasteiger partial charge in [-0.15, -0.1) is 0 Å². The van der Waals surface area contributed by atoms with Gasteiger partial charge in [-0.2, -0.15) is 13.8 Å². The molecule has 11 heteroatoms. The minimum Gasteiger partial charge on any atom is -0.609 e. The van der Waals surface area contributed by atoms with Crippen LogP contribution in [-0.4, -0.2) is 47.4 Å². The number of hydrogen-bond acceptors (Lipinski definition) is 7. The van der Waals surface area contributed by atoms with Crippen LogP contribution in [0.3, 0.4) is 0 Å². The normalized spacial score (nSPS) is 12.3. The zero-order chi connectivity index (χ0) is 21.1. The van der Waals surface area contributed by atoms with Crippen molar-refractivity contribution in [1.82, 2.24) is 15.0 Å². The van der Waals surface area contributed by atoms with E-state index in [2.05, 4.69) is 19.7 Å². The summed E-state index contributed by atoms with van der Waals surface area (Å²) in [4.78, 5) is 11.4. The van der Waals surface area contributed by atoms with Crippen molar-refractivity contribution in [2.45, 2.75) is 24.4 Å². The van der Waals surface area contributed by atoms with Gasteiger partial charge in [0.1, 0.15) is 11.3 Å². The quantitative estimate of drug-likeness (QED) is 0.551. The molecule has 2 heterocycles. The Morgan fingerprint density at radius 2 is 1.86 bits per heavy atom. The van der Waals surface area contributed by atoms with Crippen LogP contribution in [-0.2, 0) is 16.9 Å². The summed E-state index contributed by atoms with van der Waals surface area (Å²) in [6, 6.07) is 3.14. The number of methoxy groups -OCH3 is 3. The van der Waals surface area contributed by atoms with Crippen molar-refractivity contribution in [3.63, 3.8) is 0 Å². The molecule has 3 aromatic rings. The molecule has 0 aliphatic carbocycles. The lowest BCUT2D eigenvalue weighted by molar-refractivity contribution is -0.0524. The number of aromatic amines is 1. The van der Waals surface area contributed by atoms with Crippen molar-refractivity contribution in [3.05, 3.63) is 29.6 Å². The highest BCUT2D eigenvalue weighted by atomic mass is 32.2. The van der Waals surface area contributed by atoms with Crippen molar-refractivity contribution in [1.29, 1.82) is 0 Å². The predicted octanol–water partition coefficient (Wildman–Crippen LogP) is 3.20. The van der Waals surface area contributed by atoms with E-state index in [1.807, 2.05) is 6.92 Å². The number of benzene rings is 1. The molecular formula is C18H19F2N3O5S. The van der Waals surface area contributed by atoms with Crippen molar-refractivity contribution >= 4 is 22.2 Å². The summed E-state index contributed by atoms with van der Waals surface area (Å²) in [5.41, 5.74) is 1.96. The second-order valence-electron chi connectivity index (χ2n) is 5.83. The van der Waals surface area contributed by atoms with Crippen molar-refractivity contribution in [3.8, 4) is 23.0 Å². The molecule has 29 heavy (non-hydrogen) atoms. The zero-order valence-corrected chi connectivity index (χ0v) is 16.9. The van der Waals surface area contributed by atoms with Crippen LogP contribution >= 0.6 is 0 Å². The van der Waals surface area contributed by atoms with Crippen LogP contribution in [0.25, 0.3) is 11.0 Å². The fourth-order valence-corrected chi connectivity index (χ4v) is 3.92. The van der Waals surface area contributed by atoms with E-state index < -0.39 is 17.8 Å². The Bertz CT molecular complexity index is 1010. The molecule has 0 aliphatic rings. The second-order valence-corrected chi connectivity index (χ2v) is 7.20. The van der Waals surface area contributed by atoms with E-state index >= 15 is 0 Å². The monoisotopic (exact) mass is 427 g/mol. The first-order chi connectivity index (χ1) is 13.9. The molecule has 3 rings (SSSR count). The summed E-state index contributed by atoms with van der Waals surface area (Å²) in [5, 5.41) is 0.138. The molecule has 0 bridgehead atoms. The number of pyridine rings is 1. The number of aromatic nitrogens is 3. The van der Waals surface area contributed by atoms with E-state index in [0.717, 1.165) is 5.56 Å². The molecule has 0 radical (unpaired) electrons. The van der Waals surface area contributed by atoms with E-state index in [9.17, 15) is 13.3 Å². The molecule has 8 nitrogen and oxygen atoms in total. The number of H-pyrrole nitrogens is 1. The van der Waals surface area contributed by atoms with E-state index in [-0.39, 0.29) is 33.7 Å². The minimum absolute atomic E-state index is 0.0286. The van der Waals surface area contributed by atoms with Gasteiger partial charge >= 0.3 is 11.8 Å². The molecule has 1 atom stereocenters. The summed E-state index contributed by atoms with van der Waals surface area (Å²) >= 11 is -1.59. The smallest absolute Gasteiger partial charge is 0.387 e. The van der Waals surface area contributed by atoms with Crippen LogP contribution < -0.4 is 18.9 Å². The van der Waals surface area contributed by atoms with Crippen LogP contribution in [0.4, 0.5) is 8.78 Å². The summed E-state index contributed by atoms with van der Waals surface area (Å²) in [5.74, 6) is 0.419. The zero-order valence-electron chi connectivity index (χ0n) is 16.1. The van der Waals surface area contributed by atoms with Gasteiger partial charge in [0.2, 0.25) is 5.75 Å². The Kier molecular flexibility index (Phi) is 6.28. The van der Waals surface area contributed by atoms with Crippen LogP contribution in [0.2, 0.25) is 0 Å². The number of rotatable bonds is 8. The number of hydrogen-bond donors (Lipinski definition) is 1. The number of ether oxygens (including phenoxy) is 4. The van der Waals surface area contributed by atoms with Crippen molar-refractivity contribution in [2.24, 2.45) is 0 Å². The Morgan fingerprint density at radius 1 is 1.14 bits per heavy atom. The van der Waals surface area contributed by atoms with E-state index in [1.54, 1.807) is 19.4 Å². The highest BCUT2D eigenvalue weighted by Crippen LogP contribution is 2.43. The third kappa shape index (κ3) is 4.15. The van der Waals surface area contributed by atoms with E-state index in [1.165, 1.54) is 20.3 Å². The molecule has 0 spiro atoms. The fourth-order valence-electron chi connectivity index (χ4n) is 2.83. The average Bonchev–Trinajstić information content (AvgIpc) is 3.12. The molecule has 156 valence electrons. The van der Waals surface area contributed by atoms with Gasteiger partial charge in [0, 0.05) is 29.0 Å². The topological polar surface area (TPSA) is 102 Å². The predicted molar refractivity (Wildman–Crippen MR) is 101 cm³/mol. The van der Waals surface area contributed by atoms with Gasteiger partial charge in [0.25, 0.3) is 0 Å². The maximum atomic E-state index is 12.9. The molecular weight excluding hydrogens is 408 g/mol. The standard InChI is InChI=1S/C18H19F2N3O5S/c1-9-11(21-6-5-12(9)25-2)8-29(24)18-22-10-7-13(26-3)15(28-17(19)20)16(27-4)14(10)23-18/h5-7,17H,8H2,1-4H3,(H,22,23). The molecule has 0 fully saturated rings. The Labute approximate surface area is 168 Å². The van der Waals surface area contributed by atoms with Crippen molar-refractivity contribution in [2.75, 3.05) is 21.3 Å². The van der Waals surface area contributed by atoms with E-state index in [0.29, 0.717) is 17.0 Å². The largest absolute Gasteiger partial charge is 0.609 e. The summed E-state index contributed by atoms with van der Waals surface area (Å²) in [6.45, 7) is -1.26. The van der Waals surface area contributed by atoms with Crippen LogP contribution in [0, 0.1) is 6.92 Å². The molecule has 1 N–H and O–H groups in total. The number of fused-ring (bicyclic) bond motifs is 1. The van der Waals surface area contributed by atoms with Gasteiger partial charge in [-0.1, -0.05) is 0 Å². The molecule has 1 unspecified atom stereocenters. The number of nitrogens with one attached hydrogen (secondary N) is 1. The Hall–Kier alpha value is -2.79. The van der Waals surface area contributed by atoms with Gasteiger partial charge in [-0.05, 0) is 13.0 Å². The third-order valence-electron chi connectivity index (χ3n) is 4.22. The number of imidazole rings is 1. The highest BCUT2D eigenvalue weighted by molar-refractivity contribution is 7.90. The maximum Gasteiger partial charge on any atom is 0.387 e. The summed E-state index contributed by atoms with van der Waals surface area (Å²) in [7, 11) is 4.15. The van der Waals surface area contributed by atoms with Gasteiger partial charge in [-0.3, -0.25) is 9.97 Å². The van der Waals surface area contributed by atoms with E-state index in [4.69, 9.17) is 14.2 Å². The van der Waals surface area contributed by atoms with Crippen LogP contribution in [0.15, 0.2) is 23.5 Å². The molecule has 0 saturated heterocycles. The molecule has 2 aromatic heterocycles. The van der Waals surface area contributed by atoms with Gasteiger partial charge in [0.05, 0.1) is 32.5 Å². The number of alkyl halides is 2. The lowest BCUT2D eigenvalue weighted by Gasteiger charge is -2.13. The summed E-state index contributed by atoms with van der Waals surface area (Å²) < 4.78 is 58.6. The molecule has 0 amide bonds. The van der Waals surface area contributed by atoms with Gasteiger partial charge < -0.3 is 23.5 Å². The van der Waals surface area contributed by atoms with Gasteiger partial charge in [-0.25, -0.2) is 0 Å². The van der Waals surface area contributed by atoms with Crippen LogP contribution in [0.5, 0.6) is 23.0 Å². The fraction of sp³-hybridized carbons (Fsp3) is 0.333. The lowest BCUT2D eigenvalue weighted by Crippen LogP contribution is -2.10. The first-order valence-electron chi connectivity index (χ1n) is 8.35. The first-order valence-corrected chi connectivity index (χ1v) is 9.67. The third-order valence-corrected chi connectivity index (χ3v) is 5.38. The Morgan fingerprint density at radius 3 is 2.48 bits per heavy atom. The number of nitrogens with zero attached hydrogens (tertiary/aromatic N) is 2. The minimum atomic E-state index is -3.08. The Balaban J connectivity index is 2.00. The SMILES string of the molecule is COc1ccnc(C[S+]([O-])c2nc3c(OC)c(OC(F)F)c(OC)cc3[nH]2)c1C. The molecule has 0 saturated carbocycles. The second kappa shape index (κ2) is 8.70. The van der Waals surface area contributed by atoms with Crippen LogP contribution in [0.1, 0.15) is 11.3 Å². The molecule has 0 aliphatic heterocycles.